The molecule has 6 nitrogen and oxygen atoms in total. The Morgan fingerprint density at radius 1 is 1.04 bits per heavy atom. The molecule has 3 N–H and O–H groups in total. The van der Waals surface area contributed by atoms with Crippen molar-refractivity contribution in [3.8, 4) is 5.75 Å². The zero-order valence-corrected chi connectivity index (χ0v) is 14.6. The molecule has 132 valence electrons. The summed E-state index contributed by atoms with van der Waals surface area (Å²) in [7, 11) is 0. The summed E-state index contributed by atoms with van der Waals surface area (Å²) in [6.45, 7) is 0. The number of rotatable bonds is 6. The molecule has 3 aromatic rings. The Hall–Kier alpha value is -3.19. The van der Waals surface area contributed by atoms with Crippen LogP contribution in [-0.2, 0) is 11.2 Å². The van der Waals surface area contributed by atoms with Crippen molar-refractivity contribution in [3.05, 3.63) is 71.2 Å². The van der Waals surface area contributed by atoms with Gasteiger partial charge >= 0.3 is 0 Å². The molecule has 0 spiro atoms. The van der Waals surface area contributed by atoms with Crippen molar-refractivity contribution in [2.24, 2.45) is 0 Å². The van der Waals surface area contributed by atoms with Gasteiger partial charge in [0.1, 0.15) is 11.4 Å². The van der Waals surface area contributed by atoms with Gasteiger partial charge in [-0.15, -0.1) is 11.3 Å². The lowest BCUT2D eigenvalue weighted by Gasteiger charge is -2.03. The lowest BCUT2D eigenvalue weighted by atomic mass is 10.1. The topological polar surface area (TPSA) is 91.3 Å². The van der Waals surface area contributed by atoms with Crippen LogP contribution in [0.15, 0.2) is 60.0 Å². The Balaban J connectivity index is 1.53. The monoisotopic (exact) mass is 367 g/mol. The van der Waals surface area contributed by atoms with Gasteiger partial charge in [0.25, 0.3) is 5.91 Å². The molecule has 0 aliphatic carbocycles. The van der Waals surface area contributed by atoms with Crippen LogP contribution in [0.2, 0.25) is 0 Å². The number of phenolic OH excluding ortho intramolecular Hbond substituents is 1. The van der Waals surface area contributed by atoms with Gasteiger partial charge in [-0.2, -0.15) is 0 Å². The van der Waals surface area contributed by atoms with E-state index in [4.69, 9.17) is 0 Å². The SMILES string of the molecule is O=C(CCc1ccccc1)Nc1nc(C(=O)Nc2cccc(O)c2)cs1. The van der Waals surface area contributed by atoms with Crippen LogP contribution in [0.1, 0.15) is 22.5 Å². The van der Waals surface area contributed by atoms with Gasteiger partial charge < -0.3 is 15.7 Å². The number of anilines is 2. The highest BCUT2D eigenvalue weighted by molar-refractivity contribution is 7.14. The lowest BCUT2D eigenvalue weighted by Crippen LogP contribution is -2.14. The minimum absolute atomic E-state index is 0.0625. The second-order valence-corrected chi connectivity index (χ2v) is 6.43. The second kappa shape index (κ2) is 8.26. The van der Waals surface area contributed by atoms with Gasteiger partial charge in [0, 0.05) is 23.6 Å². The van der Waals surface area contributed by atoms with Gasteiger partial charge in [-0.05, 0) is 24.1 Å². The summed E-state index contributed by atoms with van der Waals surface area (Å²) >= 11 is 1.19. The molecule has 0 aliphatic heterocycles. The molecule has 0 radical (unpaired) electrons. The maximum atomic E-state index is 12.2. The van der Waals surface area contributed by atoms with Crippen LogP contribution < -0.4 is 10.6 Å². The van der Waals surface area contributed by atoms with Crippen LogP contribution >= 0.6 is 11.3 Å². The summed E-state index contributed by atoms with van der Waals surface area (Å²) in [6, 6.07) is 16.0. The largest absolute Gasteiger partial charge is 0.508 e. The van der Waals surface area contributed by atoms with Crippen molar-refractivity contribution in [2.45, 2.75) is 12.8 Å². The first-order chi connectivity index (χ1) is 12.6. The number of nitrogens with zero attached hydrogens (tertiary/aromatic N) is 1. The summed E-state index contributed by atoms with van der Waals surface area (Å²) in [4.78, 5) is 28.3. The number of aryl methyl sites for hydroxylation is 1. The van der Waals surface area contributed by atoms with Crippen molar-refractivity contribution in [3.63, 3.8) is 0 Å². The quantitative estimate of drug-likeness (QED) is 0.620. The Bertz CT molecular complexity index is 909. The number of hydrogen-bond acceptors (Lipinski definition) is 5. The van der Waals surface area contributed by atoms with Crippen molar-refractivity contribution in [1.29, 1.82) is 0 Å². The molecule has 26 heavy (non-hydrogen) atoms. The number of aromatic nitrogens is 1. The van der Waals surface area contributed by atoms with Gasteiger partial charge in [-0.1, -0.05) is 36.4 Å². The van der Waals surface area contributed by atoms with Gasteiger partial charge in [-0.25, -0.2) is 4.98 Å². The van der Waals surface area contributed by atoms with E-state index in [2.05, 4.69) is 15.6 Å². The maximum absolute atomic E-state index is 12.2. The number of phenols is 1. The highest BCUT2D eigenvalue weighted by Crippen LogP contribution is 2.19. The number of amides is 2. The number of thiazole rings is 1. The third-order valence-electron chi connectivity index (χ3n) is 3.57. The number of benzene rings is 2. The van der Waals surface area contributed by atoms with Crippen LogP contribution in [0, 0.1) is 0 Å². The molecular formula is C19H17N3O3S. The summed E-state index contributed by atoms with van der Waals surface area (Å²) in [5.74, 6) is -0.493. The normalized spacial score (nSPS) is 10.3. The molecular weight excluding hydrogens is 350 g/mol. The smallest absolute Gasteiger partial charge is 0.275 e. The molecule has 1 heterocycles. The number of hydrogen-bond donors (Lipinski definition) is 3. The molecule has 2 amide bonds. The highest BCUT2D eigenvalue weighted by atomic mass is 32.1. The van der Waals surface area contributed by atoms with E-state index in [-0.39, 0.29) is 17.4 Å². The average Bonchev–Trinajstić information content (AvgIpc) is 3.09. The number of carbonyl (C=O) groups is 2. The summed E-state index contributed by atoms with van der Waals surface area (Å²) < 4.78 is 0. The predicted molar refractivity (Wildman–Crippen MR) is 102 cm³/mol. The van der Waals surface area contributed by atoms with Crippen molar-refractivity contribution in [1.82, 2.24) is 4.98 Å². The zero-order valence-electron chi connectivity index (χ0n) is 13.8. The number of carbonyl (C=O) groups excluding carboxylic acids is 2. The minimum atomic E-state index is -0.406. The Morgan fingerprint density at radius 2 is 1.85 bits per heavy atom. The number of aromatic hydroxyl groups is 1. The van der Waals surface area contributed by atoms with Gasteiger partial charge in [0.15, 0.2) is 5.13 Å². The van der Waals surface area contributed by atoms with Gasteiger partial charge in [0.05, 0.1) is 0 Å². The molecule has 0 saturated carbocycles. The van der Waals surface area contributed by atoms with Crippen LogP contribution in [0.4, 0.5) is 10.8 Å². The van der Waals surface area contributed by atoms with E-state index >= 15 is 0 Å². The van der Waals surface area contributed by atoms with E-state index in [0.29, 0.717) is 23.7 Å². The van der Waals surface area contributed by atoms with Crippen LogP contribution in [-0.4, -0.2) is 21.9 Å². The van der Waals surface area contributed by atoms with Crippen molar-refractivity contribution >= 4 is 34.0 Å². The third-order valence-corrected chi connectivity index (χ3v) is 4.33. The van der Waals surface area contributed by atoms with Crippen molar-refractivity contribution in [2.75, 3.05) is 10.6 Å². The van der Waals surface area contributed by atoms with Crippen LogP contribution in [0.3, 0.4) is 0 Å². The van der Waals surface area contributed by atoms with Gasteiger partial charge in [-0.3, -0.25) is 9.59 Å². The maximum Gasteiger partial charge on any atom is 0.275 e. The first-order valence-corrected chi connectivity index (χ1v) is 8.88. The summed E-state index contributed by atoms with van der Waals surface area (Å²) in [6.07, 6.45) is 0.983. The summed E-state index contributed by atoms with van der Waals surface area (Å²) in [5.41, 5.74) is 1.76. The fourth-order valence-corrected chi connectivity index (χ4v) is 3.01. The zero-order chi connectivity index (χ0) is 18.4. The molecule has 2 aromatic carbocycles. The van der Waals surface area contributed by atoms with E-state index in [1.807, 2.05) is 30.3 Å². The van der Waals surface area contributed by atoms with E-state index in [9.17, 15) is 14.7 Å². The van der Waals surface area contributed by atoms with E-state index < -0.39 is 5.91 Å². The molecule has 3 rings (SSSR count). The van der Waals surface area contributed by atoms with E-state index in [1.165, 1.54) is 23.5 Å². The number of nitrogens with one attached hydrogen (secondary N) is 2. The Kier molecular flexibility index (Phi) is 5.60. The predicted octanol–water partition coefficient (Wildman–Crippen LogP) is 3.67. The second-order valence-electron chi connectivity index (χ2n) is 5.58. The van der Waals surface area contributed by atoms with E-state index in [0.717, 1.165) is 5.56 Å². The third kappa shape index (κ3) is 4.90. The highest BCUT2D eigenvalue weighted by Gasteiger charge is 2.13. The molecule has 0 saturated heterocycles. The molecule has 0 aliphatic rings. The minimum Gasteiger partial charge on any atom is -0.508 e. The molecule has 0 unspecified atom stereocenters. The molecule has 0 bridgehead atoms. The fourth-order valence-electron chi connectivity index (χ4n) is 2.30. The first-order valence-electron chi connectivity index (χ1n) is 8.00. The molecule has 7 heteroatoms. The van der Waals surface area contributed by atoms with Gasteiger partial charge in [0.2, 0.25) is 5.91 Å². The lowest BCUT2D eigenvalue weighted by molar-refractivity contribution is -0.116. The van der Waals surface area contributed by atoms with Crippen LogP contribution in [0.5, 0.6) is 5.75 Å². The average molecular weight is 367 g/mol. The van der Waals surface area contributed by atoms with Crippen LogP contribution in [0.25, 0.3) is 0 Å². The van der Waals surface area contributed by atoms with E-state index in [1.54, 1.807) is 17.5 Å². The molecule has 0 fully saturated rings. The molecule has 1 aromatic heterocycles. The van der Waals surface area contributed by atoms with Crippen molar-refractivity contribution < 1.29 is 14.7 Å². The standard InChI is InChI=1S/C19H17N3O3S/c23-15-8-4-7-14(11-15)20-18(25)16-12-26-19(21-16)22-17(24)10-9-13-5-2-1-3-6-13/h1-8,11-12,23H,9-10H2,(H,20,25)(H,21,22,24). The molecule has 0 atom stereocenters. The Morgan fingerprint density at radius 3 is 2.62 bits per heavy atom. The summed E-state index contributed by atoms with van der Waals surface area (Å²) in [5, 5.41) is 16.7. The first kappa shape index (κ1) is 17.6. The Labute approximate surface area is 154 Å². The fraction of sp³-hybridized carbons (Fsp3) is 0.105.